The van der Waals surface area contributed by atoms with Gasteiger partial charge in [0.2, 0.25) is 5.69 Å². The summed E-state index contributed by atoms with van der Waals surface area (Å²) < 4.78 is 27.5. The van der Waals surface area contributed by atoms with Gasteiger partial charge in [0.25, 0.3) is 0 Å². The molecule has 0 saturated heterocycles. The third-order valence-electron chi connectivity index (χ3n) is 6.62. The number of hydrogen-bond acceptors (Lipinski definition) is 6. The Bertz CT molecular complexity index is 1730. The quantitative estimate of drug-likeness (QED) is 0.187. The predicted octanol–water partition coefficient (Wildman–Crippen LogP) is 3.82. The van der Waals surface area contributed by atoms with Gasteiger partial charge < -0.3 is 43.7 Å². The summed E-state index contributed by atoms with van der Waals surface area (Å²) >= 11 is 5.95. The first-order chi connectivity index (χ1) is 19.8. The van der Waals surface area contributed by atoms with Gasteiger partial charge in [-0.3, -0.25) is 0 Å². The van der Waals surface area contributed by atoms with Gasteiger partial charge in [-0.15, -0.1) is 0 Å². The van der Waals surface area contributed by atoms with Crippen molar-refractivity contribution in [2.24, 2.45) is 7.05 Å². The molecule has 0 aliphatic heterocycles. The van der Waals surface area contributed by atoms with E-state index in [-0.39, 0.29) is 29.0 Å². The summed E-state index contributed by atoms with van der Waals surface area (Å²) in [5, 5.41) is 3.92. The Balaban J connectivity index is 0.00000405. The number of anilines is 3. The number of benzene rings is 3. The van der Waals surface area contributed by atoms with Crippen LogP contribution >= 0.6 is 11.6 Å². The second-order valence-electron chi connectivity index (χ2n) is 9.67. The smallest absolute Gasteiger partial charge is 0.219 e. The van der Waals surface area contributed by atoms with Crippen molar-refractivity contribution in [3.05, 3.63) is 107 Å². The molecule has 0 unspecified atom stereocenters. The number of rotatable bonds is 9. The van der Waals surface area contributed by atoms with Crippen LogP contribution in [0.3, 0.4) is 0 Å². The zero-order valence-corrected chi connectivity index (χ0v) is 26.5. The second kappa shape index (κ2) is 13.8. The fraction of sp³-hybridized carbons (Fsp3) is 0.156. The lowest BCUT2D eigenvalue weighted by Crippen LogP contribution is -3.00. The highest BCUT2D eigenvalue weighted by Crippen LogP contribution is 2.35. The van der Waals surface area contributed by atoms with Gasteiger partial charge >= 0.3 is 0 Å². The third kappa shape index (κ3) is 7.27. The van der Waals surface area contributed by atoms with E-state index in [1.165, 1.54) is 24.1 Å². The fourth-order valence-electron chi connectivity index (χ4n) is 4.28. The number of aryl methyl sites for hydroxylation is 1. The van der Waals surface area contributed by atoms with Crippen molar-refractivity contribution in [2.75, 3.05) is 31.4 Å². The van der Waals surface area contributed by atoms with Gasteiger partial charge in [-0.25, -0.2) is 18.9 Å². The zero-order chi connectivity index (χ0) is 28.9. The summed E-state index contributed by atoms with van der Waals surface area (Å²) in [5.74, 6) is 1.13. The van der Waals surface area contributed by atoms with Gasteiger partial charge in [-0.2, -0.15) is 0 Å². The summed E-state index contributed by atoms with van der Waals surface area (Å²) in [7, 11) is 7.64. The highest BCUT2D eigenvalue weighted by molar-refractivity contribution is 6.31. The molecule has 10 heteroatoms. The molecule has 0 radical (unpaired) electrons. The van der Waals surface area contributed by atoms with E-state index in [0.29, 0.717) is 40.5 Å². The minimum atomic E-state index is -0.489. The lowest BCUT2D eigenvalue weighted by Gasteiger charge is -2.14. The Morgan fingerprint density at radius 2 is 1.69 bits per heavy atom. The van der Waals surface area contributed by atoms with Gasteiger partial charge in [0.05, 0.1) is 17.6 Å². The Morgan fingerprint density at radius 1 is 0.952 bits per heavy atom. The molecule has 0 bridgehead atoms. The zero-order valence-electron chi connectivity index (χ0n) is 23.6. The van der Waals surface area contributed by atoms with Crippen LogP contribution in [0.5, 0.6) is 11.5 Å². The van der Waals surface area contributed by atoms with E-state index in [0.717, 1.165) is 16.8 Å². The van der Waals surface area contributed by atoms with Gasteiger partial charge in [-0.05, 0) is 54.1 Å². The summed E-state index contributed by atoms with van der Waals surface area (Å²) in [6, 6.07) is 20.5. The lowest BCUT2D eigenvalue weighted by molar-refractivity contribution is -0.680. The number of ether oxygens (including phenoxy) is 2. The van der Waals surface area contributed by atoms with Crippen molar-refractivity contribution < 1.29 is 42.4 Å². The molecule has 5 aromatic rings. The van der Waals surface area contributed by atoms with Crippen molar-refractivity contribution in [1.29, 1.82) is 0 Å². The Labute approximate surface area is 266 Å². The van der Waals surface area contributed by atoms with Gasteiger partial charge in [0.15, 0.2) is 24.3 Å². The minimum Gasteiger partial charge on any atom is -1.00 e. The summed E-state index contributed by atoms with van der Waals surface area (Å²) in [6.07, 6.45) is 7.69. The molecular formula is C32H30ClFIN5O2. The maximum atomic E-state index is 13.6. The normalized spacial score (nSPS) is 10.9. The maximum absolute atomic E-state index is 13.6. The highest BCUT2D eigenvalue weighted by Gasteiger charge is 2.15. The van der Waals surface area contributed by atoms with E-state index in [4.69, 9.17) is 21.1 Å². The number of hydrogen-bond donors (Lipinski definition) is 1. The average molecular weight is 698 g/mol. The second-order valence-corrected chi connectivity index (χ2v) is 10.1. The molecule has 0 amide bonds. The van der Waals surface area contributed by atoms with Gasteiger partial charge in [0, 0.05) is 48.6 Å². The predicted molar refractivity (Wildman–Crippen MR) is 162 cm³/mol. The molecule has 2 heterocycles. The van der Waals surface area contributed by atoms with Crippen molar-refractivity contribution in [1.82, 2.24) is 9.97 Å². The Hall–Kier alpha value is -3.96. The van der Waals surface area contributed by atoms with Crippen LogP contribution in [0.2, 0.25) is 5.02 Å². The number of methoxy groups -OCH3 is 1. The molecule has 0 aliphatic rings. The first kappa shape index (κ1) is 31.0. The van der Waals surface area contributed by atoms with E-state index in [1.54, 1.807) is 19.2 Å². The topological polar surface area (TPSA) is 63.4 Å². The number of pyridine rings is 1. The molecular weight excluding hydrogens is 668 g/mol. The van der Waals surface area contributed by atoms with Crippen LogP contribution in [0.1, 0.15) is 16.8 Å². The van der Waals surface area contributed by atoms with Crippen LogP contribution in [0.15, 0.2) is 79.3 Å². The van der Waals surface area contributed by atoms with E-state index >= 15 is 0 Å². The van der Waals surface area contributed by atoms with Crippen LogP contribution in [-0.2, 0) is 13.7 Å². The third-order valence-corrected chi connectivity index (χ3v) is 6.91. The highest BCUT2D eigenvalue weighted by atomic mass is 127. The van der Waals surface area contributed by atoms with E-state index < -0.39 is 5.82 Å². The summed E-state index contributed by atoms with van der Waals surface area (Å²) in [4.78, 5) is 10.8. The molecule has 3 aromatic carbocycles. The summed E-state index contributed by atoms with van der Waals surface area (Å²) in [5.41, 5.74) is 5.61. The summed E-state index contributed by atoms with van der Waals surface area (Å²) in [6.45, 7) is 0.318. The molecule has 1 N–H and O–H groups in total. The molecule has 7 nitrogen and oxygen atoms in total. The van der Waals surface area contributed by atoms with E-state index in [1.807, 2.05) is 37.8 Å². The Kier molecular flexibility index (Phi) is 10.2. The molecule has 0 atom stereocenters. The van der Waals surface area contributed by atoms with Crippen molar-refractivity contribution >= 4 is 51.8 Å². The largest absolute Gasteiger partial charge is 1.00 e. The minimum absolute atomic E-state index is 0. The monoisotopic (exact) mass is 697 g/mol. The molecule has 0 aliphatic carbocycles. The van der Waals surface area contributed by atoms with Gasteiger partial charge in [0.1, 0.15) is 25.0 Å². The molecule has 0 saturated carbocycles. The number of nitrogens with zero attached hydrogens (tertiary/aromatic N) is 4. The molecule has 42 heavy (non-hydrogen) atoms. The van der Waals surface area contributed by atoms with Crippen molar-refractivity contribution in [3.8, 4) is 11.5 Å². The van der Waals surface area contributed by atoms with E-state index in [9.17, 15) is 4.39 Å². The number of fused-ring (bicyclic) bond motifs is 1. The fourth-order valence-corrected chi connectivity index (χ4v) is 4.46. The first-order valence-corrected chi connectivity index (χ1v) is 13.3. The molecule has 0 fully saturated rings. The number of nitrogens with one attached hydrogen (secondary N) is 1. The molecule has 5 rings (SSSR count). The Morgan fingerprint density at radius 3 is 2.38 bits per heavy atom. The standard InChI is InChI=1S/C32H30ClFN5O2.HI/c1-38(2)24-11-7-21(8-12-24)5-6-22-9-13-25(39(3)18-22)19-41-31-16-26-29(17-30(31)40-4)35-20-36-32(26)37-23-10-14-28(34)27(33)15-23;/h5-18,20H,19H2,1-4H3,(H,35,36,37);1H/q+1;/p-1/b6-5+;. The SMILES string of the molecule is COc1cc2ncnc(Nc3ccc(F)c(Cl)c3)c2cc1OCc1ccc(/C=C/c2ccc(N(C)C)cc2)c[n+]1C.[I-]. The van der Waals surface area contributed by atoms with Crippen molar-refractivity contribution in [3.63, 3.8) is 0 Å². The van der Waals surface area contributed by atoms with E-state index in [2.05, 4.69) is 68.9 Å². The maximum Gasteiger partial charge on any atom is 0.219 e. The number of aromatic nitrogens is 3. The lowest BCUT2D eigenvalue weighted by atomic mass is 10.1. The van der Waals surface area contributed by atoms with Crippen LogP contribution in [0, 0.1) is 5.82 Å². The molecule has 216 valence electrons. The number of halogens is 3. The molecule has 2 aromatic heterocycles. The van der Waals surface area contributed by atoms with Crippen LogP contribution in [0.4, 0.5) is 21.6 Å². The average Bonchev–Trinajstić information content (AvgIpc) is 2.97. The van der Waals surface area contributed by atoms with Gasteiger partial charge in [-0.1, -0.05) is 29.8 Å². The van der Waals surface area contributed by atoms with Crippen LogP contribution in [0.25, 0.3) is 23.1 Å². The molecule has 0 spiro atoms. The van der Waals surface area contributed by atoms with Crippen LogP contribution < -0.4 is 48.2 Å². The van der Waals surface area contributed by atoms with Crippen LogP contribution in [-0.4, -0.2) is 31.2 Å². The first-order valence-electron chi connectivity index (χ1n) is 12.9. The van der Waals surface area contributed by atoms with Crippen molar-refractivity contribution in [2.45, 2.75) is 6.61 Å².